The predicted molar refractivity (Wildman–Crippen MR) is 146 cm³/mol. The van der Waals surface area contributed by atoms with Crippen LogP contribution in [0.2, 0.25) is 0 Å². The molecule has 1 amide bonds. The van der Waals surface area contributed by atoms with Crippen molar-refractivity contribution >= 4 is 33.9 Å². The van der Waals surface area contributed by atoms with Crippen molar-refractivity contribution in [1.29, 1.82) is 5.26 Å². The first kappa shape index (κ1) is 25.3. The Morgan fingerprint density at radius 1 is 1.25 bits per heavy atom. The van der Waals surface area contributed by atoms with Gasteiger partial charge in [-0.1, -0.05) is 12.1 Å². The molecule has 6 rings (SSSR count). The Kier molecular flexibility index (Phi) is 6.29. The van der Waals surface area contributed by atoms with Gasteiger partial charge in [0, 0.05) is 41.8 Å². The van der Waals surface area contributed by atoms with Gasteiger partial charge in [-0.15, -0.1) is 0 Å². The number of nitriles is 1. The molecule has 0 saturated carbocycles. The first-order valence-corrected chi connectivity index (χ1v) is 12.6. The molecule has 0 bridgehead atoms. The van der Waals surface area contributed by atoms with E-state index in [4.69, 9.17) is 16.6 Å². The molecular formula is C29H23F2N7O2. The van der Waals surface area contributed by atoms with Crippen LogP contribution in [0.1, 0.15) is 6.42 Å². The Morgan fingerprint density at radius 2 is 2.05 bits per heavy atom. The van der Waals surface area contributed by atoms with Gasteiger partial charge in [0.2, 0.25) is 5.91 Å². The van der Waals surface area contributed by atoms with Crippen molar-refractivity contribution < 1.29 is 18.3 Å². The number of carbonyl (C=O) groups excluding carboxylic acids is 1. The van der Waals surface area contributed by atoms with Crippen molar-refractivity contribution in [1.82, 2.24) is 15.1 Å². The molecule has 0 spiro atoms. The molecule has 2 aliphatic rings. The maximum atomic E-state index is 15.2. The number of rotatable bonds is 4. The smallest absolute Gasteiger partial charge is 0.238 e. The molecule has 1 fully saturated rings. The fraction of sp³-hybridized carbons (Fsp3) is 0.241. The number of hydrogen-bond donors (Lipinski definition) is 2. The summed E-state index contributed by atoms with van der Waals surface area (Å²) in [5.41, 5.74) is 2.47. The van der Waals surface area contributed by atoms with Gasteiger partial charge in [-0.25, -0.2) is 13.6 Å². The van der Waals surface area contributed by atoms with Crippen LogP contribution in [0.25, 0.3) is 38.1 Å². The highest BCUT2D eigenvalue weighted by Crippen LogP contribution is 2.42. The predicted octanol–water partition coefficient (Wildman–Crippen LogP) is 5.09. The number of nitrogens with zero attached hydrogens (tertiary/aromatic N) is 5. The summed E-state index contributed by atoms with van der Waals surface area (Å²) in [6, 6.07) is 12.8. The summed E-state index contributed by atoms with van der Waals surface area (Å²) in [6.07, 6.45) is -0.448. The van der Waals surface area contributed by atoms with E-state index in [1.54, 1.807) is 12.1 Å². The number of carbonyl (C=O) groups is 1. The van der Waals surface area contributed by atoms with Crippen LogP contribution in [-0.2, 0) is 4.79 Å². The van der Waals surface area contributed by atoms with Gasteiger partial charge in [-0.05, 0) is 42.9 Å². The minimum atomic E-state index is -0.953. The highest BCUT2D eigenvalue weighted by Gasteiger charge is 2.32. The Morgan fingerprint density at radius 3 is 2.80 bits per heavy atom. The zero-order valence-electron chi connectivity index (χ0n) is 21.5. The Balaban J connectivity index is 1.40. The first-order chi connectivity index (χ1) is 19.4. The number of hydrogen-bond acceptors (Lipinski definition) is 6. The summed E-state index contributed by atoms with van der Waals surface area (Å²) < 4.78 is 36.6. The van der Waals surface area contributed by atoms with Gasteiger partial charge < -0.3 is 19.9 Å². The number of aromatic amines is 1. The average Bonchev–Trinajstić information content (AvgIpc) is 3.34. The maximum Gasteiger partial charge on any atom is 0.238 e. The highest BCUT2D eigenvalue weighted by molar-refractivity contribution is 6.01. The van der Waals surface area contributed by atoms with Crippen LogP contribution in [-0.4, -0.2) is 60.3 Å². The molecule has 0 radical (unpaired) electrons. The normalized spacial score (nSPS) is 16.4. The Hall–Kier alpha value is -5.00. The van der Waals surface area contributed by atoms with E-state index in [-0.39, 0.29) is 23.0 Å². The lowest BCUT2D eigenvalue weighted by atomic mass is 9.97. The molecule has 1 saturated heterocycles. The third kappa shape index (κ3) is 4.36. The standard InChI is InChI=1S/C29H23F2N7O2/c1-33-23-13-24-20(12-19(23)28-21(30)10-17(11-22(28)31)34-27(39)5-6-32)29(36-35-24)16-3-4-25-26(9-16)40-15-18-14-37(2)7-8-38(18)25/h3-4,9-13,18H,5,7-8,14-15H2,2H3,(H,34,39)(H,35,36). The summed E-state index contributed by atoms with van der Waals surface area (Å²) >= 11 is 0. The van der Waals surface area contributed by atoms with Crippen LogP contribution in [0.5, 0.6) is 5.75 Å². The molecule has 1 aromatic heterocycles. The zero-order valence-corrected chi connectivity index (χ0v) is 21.5. The minimum Gasteiger partial charge on any atom is -0.489 e. The van der Waals surface area contributed by atoms with E-state index >= 15 is 8.78 Å². The van der Waals surface area contributed by atoms with E-state index in [1.165, 1.54) is 6.07 Å². The second kappa shape index (κ2) is 9.95. The van der Waals surface area contributed by atoms with Crippen molar-refractivity contribution in [2.75, 3.05) is 43.5 Å². The summed E-state index contributed by atoms with van der Waals surface area (Å²) in [6.45, 7) is 11.0. The second-order valence-electron chi connectivity index (χ2n) is 9.90. The molecule has 3 heterocycles. The lowest BCUT2D eigenvalue weighted by molar-refractivity contribution is -0.115. The van der Waals surface area contributed by atoms with Crippen molar-refractivity contribution in [2.24, 2.45) is 0 Å². The van der Waals surface area contributed by atoms with Crippen LogP contribution < -0.4 is 15.0 Å². The molecule has 2 aliphatic heterocycles. The maximum absolute atomic E-state index is 15.2. The SMILES string of the molecule is [C-]#[N+]c1cc2[nH]nc(-c3ccc4c(c3)OCC3CN(C)CCN43)c2cc1-c1c(F)cc(NC(=O)CC#N)cc1F. The highest BCUT2D eigenvalue weighted by atomic mass is 19.1. The van der Waals surface area contributed by atoms with Gasteiger partial charge in [0.25, 0.3) is 0 Å². The van der Waals surface area contributed by atoms with Crippen molar-refractivity contribution in [3.05, 3.63) is 65.5 Å². The van der Waals surface area contributed by atoms with E-state index in [9.17, 15) is 4.79 Å². The fourth-order valence-electron chi connectivity index (χ4n) is 5.42. The van der Waals surface area contributed by atoms with E-state index < -0.39 is 29.5 Å². The van der Waals surface area contributed by atoms with Crippen LogP contribution >= 0.6 is 0 Å². The number of fused-ring (bicyclic) bond motifs is 4. The zero-order chi connectivity index (χ0) is 28.0. The molecule has 0 aliphatic carbocycles. The van der Waals surface area contributed by atoms with E-state index in [0.717, 1.165) is 48.8 Å². The van der Waals surface area contributed by atoms with Gasteiger partial charge in [-0.3, -0.25) is 9.89 Å². The summed E-state index contributed by atoms with van der Waals surface area (Å²) in [7, 11) is 2.10. The summed E-state index contributed by atoms with van der Waals surface area (Å²) in [5, 5.41) is 18.9. The van der Waals surface area contributed by atoms with Crippen LogP contribution in [0.15, 0.2) is 42.5 Å². The van der Waals surface area contributed by atoms with Crippen molar-refractivity contribution in [2.45, 2.75) is 12.5 Å². The number of amides is 1. The fourth-order valence-corrected chi connectivity index (χ4v) is 5.42. The topological polar surface area (TPSA) is 102 Å². The number of H-pyrrole nitrogens is 1. The quantitative estimate of drug-likeness (QED) is 0.351. The monoisotopic (exact) mass is 539 g/mol. The number of anilines is 2. The van der Waals surface area contributed by atoms with E-state index in [1.807, 2.05) is 18.2 Å². The van der Waals surface area contributed by atoms with Crippen molar-refractivity contribution in [3.8, 4) is 34.2 Å². The number of likely N-dealkylation sites (N-methyl/N-ethyl adjacent to an activating group) is 1. The van der Waals surface area contributed by atoms with Crippen LogP contribution in [0.3, 0.4) is 0 Å². The number of piperazine rings is 1. The molecule has 4 aromatic rings. The number of nitrogens with one attached hydrogen (secondary N) is 2. The first-order valence-electron chi connectivity index (χ1n) is 12.6. The second-order valence-corrected chi connectivity index (χ2v) is 9.90. The van der Waals surface area contributed by atoms with Crippen molar-refractivity contribution in [3.63, 3.8) is 0 Å². The average molecular weight is 540 g/mol. The lowest BCUT2D eigenvalue weighted by Gasteiger charge is -2.44. The number of benzene rings is 3. The van der Waals surface area contributed by atoms with Gasteiger partial charge in [-0.2, -0.15) is 10.4 Å². The van der Waals surface area contributed by atoms with E-state index in [0.29, 0.717) is 23.2 Å². The Labute approximate surface area is 228 Å². The van der Waals surface area contributed by atoms with Crippen LogP contribution in [0.4, 0.5) is 25.8 Å². The third-order valence-electron chi connectivity index (χ3n) is 7.29. The molecule has 1 atom stereocenters. The van der Waals surface area contributed by atoms with Gasteiger partial charge in [0.15, 0.2) is 5.69 Å². The summed E-state index contributed by atoms with van der Waals surface area (Å²) in [5.74, 6) is -1.84. The minimum absolute atomic E-state index is 0.0386. The molecule has 200 valence electrons. The number of ether oxygens (including phenoxy) is 1. The van der Waals surface area contributed by atoms with Gasteiger partial charge in [0.1, 0.15) is 30.4 Å². The summed E-state index contributed by atoms with van der Waals surface area (Å²) in [4.78, 5) is 19.9. The third-order valence-corrected chi connectivity index (χ3v) is 7.29. The molecular weight excluding hydrogens is 516 g/mol. The Bertz CT molecular complexity index is 1730. The molecule has 2 N–H and O–H groups in total. The molecule has 40 heavy (non-hydrogen) atoms. The van der Waals surface area contributed by atoms with Gasteiger partial charge in [0.05, 0.1) is 35.6 Å². The number of halogens is 2. The lowest BCUT2D eigenvalue weighted by Crippen LogP contribution is -2.56. The van der Waals surface area contributed by atoms with Crippen LogP contribution in [0, 0.1) is 29.5 Å². The van der Waals surface area contributed by atoms with E-state index in [2.05, 4.69) is 37.2 Å². The van der Waals surface area contributed by atoms with Gasteiger partial charge >= 0.3 is 0 Å². The molecule has 1 unspecified atom stereocenters. The molecule has 11 heteroatoms. The number of aromatic nitrogens is 2. The molecule has 9 nitrogen and oxygen atoms in total. The molecule has 3 aromatic carbocycles. The largest absolute Gasteiger partial charge is 0.489 e.